The van der Waals surface area contributed by atoms with Crippen LogP contribution in [0, 0.1) is 0 Å². The quantitative estimate of drug-likeness (QED) is 0.400. The fraction of sp³-hybridized carbons (Fsp3) is 0.286. The second-order valence-electron chi connectivity index (χ2n) is 6.86. The zero-order valence-electron chi connectivity index (χ0n) is 16.3. The largest absolute Gasteiger partial charge is 0.462 e. The predicted octanol–water partition coefficient (Wildman–Crippen LogP) is 4.17. The number of hydrogen-bond acceptors (Lipinski definition) is 8. The van der Waals surface area contributed by atoms with Crippen molar-refractivity contribution < 1.29 is 9.15 Å². The first-order valence-electron chi connectivity index (χ1n) is 9.78. The van der Waals surface area contributed by atoms with E-state index in [-0.39, 0.29) is 0 Å². The van der Waals surface area contributed by atoms with Gasteiger partial charge in [-0.3, -0.25) is 4.57 Å². The molecule has 1 fully saturated rings. The van der Waals surface area contributed by atoms with Crippen molar-refractivity contribution in [2.75, 3.05) is 31.2 Å². The van der Waals surface area contributed by atoms with Crippen LogP contribution in [0.1, 0.15) is 11.3 Å². The summed E-state index contributed by atoms with van der Waals surface area (Å²) >= 11 is 3.25. The van der Waals surface area contributed by atoms with Crippen molar-refractivity contribution in [3.8, 4) is 10.8 Å². The third-order valence-electron chi connectivity index (χ3n) is 4.81. The lowest BCUT2D eigenvalue weighted by atomic mass is 10.2. The first kappa shape index (κ1) is 19.3. The average Bonchev–Trinajstić information content (AvgIpc) is 3.55. The first-order chi connectivity index (χ1) is 14.9. The Balaban J connectivity index is 1.36. The highest BCUT2D eigenvalue weighted by Gasteiger charge is 2.21. The fourth-order valence-corrected chi connectivity index (χ4v) is 5.03. The number of anilines is 1. The summed E-state index contributed by atoms with van der Waals surface area (Å²) in [7, 11) is 0. The molecule has 0 atom stereocenters. The maximum Gasteiger partial charge on any atom is 0.228 e. The van der Waals surface area contributed by atoms with Crippen LogP contribution >= 0.6 is 23.1 Å². The van der Waals surface area contributed by atoms with E-state index in [0.29, 0.717) is 0 Å². The first-order valence-corrected chi connectivity index (χ1v) is 11.6. The summed E-state index contributed by atoms with van der Waals surface area (Å²) in [6.45, 7) is 3.83. The fourth-order valence-electron chi connectivity index (χ4n) is 3.31. The Morgan fingerprint density at radius 3 is 2.70 bits per heavy atom. The monoisotopic (exact) mass is 439 g/mol. The lowest BCUT2D eigenvalue weighted by molar-refractivity contribution is 0.121. The molecule has 7 nitrogen and oxygen atoms in total. The Kier molecular flexibility index (Phi) is 5.82. The van der Waals surface area contributed by atoms with Crippen LogP contribution in [0.3, 0.4) is 0 Å². The number of rotatable bonds is 7. The van der Waals surface area contributed by atoms with Gasteiger partial charge in [-0.15, -0.1) is 21.5 Å². The Labute approximate surface area is 182 Å². The van der Waals surface area contributed by atoms with Crippen LogP contribution in [0.15, 0.2) is 63.7 Å². The van der Waals surface area contributed by atoms with Gasteiger partial charge in [0.25, 0.3) is 0 Å². The van der Waals surface area contributed by atoms with E-state index in [1.54, 1.807) is 29.4 Å². The van der Waals surface area contributed by atoms with Gasteiger partial charge in [0.1, 0.15) is 0 Å². The van der Waals surface area contributed by atoms with Crippen molar-refractivity contribution >= 4 is 29.0 Å². The number of aromatic nitrogens is 4. The molecule has 0 N–H and O–H groups in total. The molecule has 0 amide bonds. The summed E-state index contributed by atoms with van der Waals surface area (Å²) in [5, 5.41) is 12.9. The molecular weight excluding hydrogens is 418 g/mol. The van der Waals surface area contributed by atoms with Crippen molar-refractivity contribution in [1.29, 1.82) is 0 Å². The van der Waals surface area contributed by atoms with Crippen LogP contribution in [0.5, 0.6) is 0 Å². The molecule has 0 aliphatic carbocycles. The molecule has 4 aromatic rings. The molecule has 1 saturated heterocycles. The van der Waals surface area contributed by atoms with Crippen LogP contribution in [0.25, 0.3) is 10.8 Å². The summed E-state index contributed by atoms with van der Waals surface area (Å²) in [6.07, 6.45) is 1.67. The highest BCUT2D eigenvalue weighted by molar-refractivity contribution is 7.98. The zero-order valence-corrected chi connectivity index (χ0v) is 17.9. The van der Waals surface area contributed by atoms with Gasteiger partial charge in [-0.1, -0.05) is 42.1 Å². The van der Waals surface area contributed by atoms with E-state index < -0.39 is 0 Å². The maximum absolute atomic E-state index is 5.51. The molecule has 9 heteroatoms. The molecule has 1 aliphatic rings. The summed E-state index contributed by atoms with van der Waals surface area (Å²) in [4.78, 5) is 6.95. The van der Waals surface area contributed by atoms with E-state index in [1.165, 1.54) is 5.56 Å². The van der Waals surface area contributed by atoms with Gasteiger partial charge in [-0.05, 0) is 17.7 Å². The van der Waals surface area contributed by atoms with E-state index in [9.17, 15) is 0 Å². The molecule has 1 aliphatic heterocycles. The normalized spacial score (nSPS) is 14.3. The molecule has 0 radical (unpaired) electrons. The number of nitrogens with zero attached hydrogens (tertiary/aromatic N) is 5. The van der Waals surface area contributed by atoms with Crippen LogP contribution in [-0.2, 0) is 17.0 Å². The van der Waals surface area contributed by atoms with Gasteiger partial charge in [0.05, 0.1) is 31.7 Å². The summed E-state index contributed by atoms with van der Waals surface area (Å²) in [6, 6.07) is 14.2. The smallest absolute Gasteiger partial charge is 0.228 e. The van der Waals surface area contributed by atoms with E-state index in [1.807, 2.05) is 18.2 Å². The SMILES string of the molecule is c1ccc(Cn2c(SCc3csc(-c4ccco4)n3)nnc2N2CCOCC2)cc1. The van der Waals surface area contributed by atoms with Crippen LogP contribution < -0.4 is 4.90 Å². The molecule has 3 aromatic heterocycles. The molecule has 0 saturated carbocycles. The second-order valence-corrected chi connectivity index (χ2v) is 8.66. The third-order valence-corrected chi connectivity index (χ3v) is 6.71. The number of thioether (sulfide) groups is 1. The maximum atomic E-state index is 5.51. The molecule has 0 unspecified atom stereocenters. The molecule has 5 rings (SSSR count). The Bertz CT molecular complexity index is 1070. The van der Waals surface area contributed by atoms with Gasteiger partial charge >= 0.3 is 0 Å². The van der Waals surface area contributed by atoms with Crippen LogP contribution in [0.4, 0.5) is 5.95 Å². The number of morpholine rings is 1. The van der Waals surface area contributed by atoms with Crippen molar-refractivity contribution in [2.45, 2.75) is 17.5 Å². The van der Waals surface area contributed by atoms with E-state index in [0.717, 1.165) is 66.2 Å². The summed E-state index contributed by atoms with van der Waals surface area (Å²) < 4.78 is 13.2. The predicted molar refractivity (Wildman–Crippen MR) is 118 cm³/mol. The average molecular weight is 440 g/mol. The van der Waals surface area contributed by atoms with Gasteiger partial charge in [0, 0.05) is 24.2 Å². The standard InChI is InChI=1S/C21H21N5O2S2/c1-2-5-16(6-3-1)13-26-20(25-8-11-27-12-9-25)23-24-21(26)30-15-17-14-29-19(22-17)18-7-4-10-28-18/h1-7,10,14H,8-9,11-13,15H2. The van der Waals surface area contributed by atoms with Crippen molar-refractivity contribution in [2.24, 2.45) is 0 Å². The second kappa shape index (κ2) is 9.03. The lowest BCUT2D eigenvalue weighted by Gasteiger charge is -2.28. The van der Waals surface area contributed by atoms with E-state index >= 15 is 0 Å². The highest BCUT2D eigenvalue weighted by atomic mass is 32.2. The lowest BCUT2D eigenvalue weighted by Crippen LogP contribution is -2.38. The Morgan fingerprint density at radius 1 is 1.03 bits per heavy atom. The minimum atomic E-state index is 0.717. The summed E-state index contributed by atoms with van der Waals surface area (Å²) in [5.74, 6) is 2.44. The molecular formula is C21H21N5O2S2. The van der Waals surface area contributed by atoms with Crippen LogP contribution in [-0.4, -0.2) is 46.1 Å². The van der Waals surface area contributed by atoms with Crippen molar-refractivity contribution in [3.05, 3.63) is 65.4 Å². The topological polar surface area (TPSA) is 69.2 Å². The van der Waals surface area contributed by atoms with E-state index in [4.69, 9.17) is 14.1 Å². The number of hydrogen-bond donors (Lipinski definition) is 0. The molecule has 0 bridgehead atoms. The van der Waals surface area contributed by atoms with Crippen LogP contribution in [0.2, 0.25) is 0 Å². The number of furan rings is 1. The zero-order chi connectivity index (χ0) is 20.2. The van der Waals surface area contributed by atoms with E-state index in [2.05, 4.69) is 49.3 Å². The van der Waals surface area contributed by atoms with Gasteiger partial charge in [-0.2, -0.15) is 0 Å². The Hall–Kier alpha value is -2.62. The molecule has 0 spiro atoms. The number of ether oxygens (including phenoxy) is 1. The molecule has 1 aromatic carbocycles. The van der Waals surface area contributed by atoms with Gasteiger partial charge in [0.2, 0.25) is 5.95 Å². The van der Waals surface area contributed by atoms with Gasteiger partial charge in [-0.25, -0.2) is 4.98 Å². The minimum Gasteiger partial charge on any atom is -0.462 e. The van der Waals surface area contributed by atoms with Crippen molar-refractivity contribution in [3.63, 3.8) is 0 Å². The number of thiazole rings is 1. The highest BCUT2D eigenvalue weighted by Crippen LogP contribution is 2.29. The third kappa shape index (κ3) is 4.28. The van der Waals surface area contributed by atoms with Gasteiger partial charge < -0.3 is 14.1 Å². The molecule has 154 valence electrons. The Morgan fingerprint density at radius 2 is 1.90 bits per heavy atom. The molecule has 30 heavy (non-hydrogen) atoms. The summed E-state index contributed by atoms with van der Waals surface area (Å²) in [5.41, 5.74) is 2.24. The number of benzene rings is 1. The minimum absolute atomic E-state index is 0.717. The van der Waals surface area contributed by atoms with Gasteiger partial charge in [0.15, 0.2) is 15.9 Å². The van der Waals surface area contributed by atoms with Crippen molar-refractivity contribution in [1.82, 2.24) is 19.7 Å². The molecule has 4 heterocycles.